The molecule has 0 saturated carbocycles. The van der Waals surface area contributed by atoms with Gasteiger partial charge in [-0.05, 0) is 32.4 Å². The third-order valence-corrected chi connectivity index (χ3v) is 4.86. The van der Waals surface area contributed by atoms with Crippen LogP contribution < -0.4 is 5.32 Å². The van der Waals surface area contributed by atoms with Crippen LogP contribution in [0.2, 0.25) is 0 Å². The number of rotatable bonds is 10. The molecule has 1 unspecified atom stereocenters. The van der Waals surface area contributed by atoms with Gasteiger partial charge in [-0.3, -0.25) is 15.1 Å². The summed E-state index contributed by atoms with van der Waals surface area (Å²) in [6, 6.07) is 5.19. The van der Waals surface area contributed by atoms with Gasteiger partial charge >= 0.3 is 5.97 Å². The van der Waals surface area contributed by atoms with Gasteiger partial charge in [0, 0.05) is 11.9 Å². The maximum absolute atomic E-state index is 12.8. The number of esters is 1. The first-order chi connectivity index (χ1) is 13.5. The molecule has 0 bridgehead atoms. The second-order valence-corrected chi connectivity index (χ2v) is 7.02. The zero-order chi connectivity index (χ0) is 20.5. The number of nitro groups is 1. The number of carbonyl (C=O) groups excluding carboxylic acids is 1. The monoisotopic (exact) mass is 387 g/mol. The Labute approximate surface area is 166 Å². The number of ether oxygens (including phenoxy) is 1. The molecule has 7 nitrogen and oxygen atoms in total. The van der Waals surface area contributed by atoms with Crippen molar-refractivity contribution in [3.05, 3.63) is 62.9 Å². The Morgan fingerprint density at radius 1 is 1.18 bits per heavy atom. The molecule has 152 valence electrons. The summed E-state index contributed by atoms with van der Waals surface area (Å²) >= 11 is 0. The molecule has 1 aliphatic rings. The molecule has 7 heteroatoms. The van der Waals surface area contributed by atoms with Crippen LogP contribution in [0.4, 0.5) is 0 Å². The zero-order valence-corrected chi connectivity index (χ0v) is 16.9. The van der Waals surface area contributed by atoms with Gasteiger partial charge in [-0.1, -0.05) is 45.1 Å². The van der Waals surface area contributed by atoms with E-state index in [0.717, 1.165) is 19.3 Å². The lowest BCUT2D eigenvalue weighted by Gasteiger charge is -2.25. The quantitative estimate of drug-likeness (QED) is 0.276. The first-order valence-electron chi connectivity index (χ1n) is 9.88. The highest BCUT2D eigenvalue weighted by atomic mass is 16.6. The van der Waals surface area contributed by atoms with E-state index in [9.17, 15) is 14.9 Å². The van der Waals surface area contributed by atoms with Crippen LogP contribution in [-0.4, -0.2) is 22.5 Å². The number of aromatic nitrogens is 1. The van der Waals surface area contributed by atoms with Gasteiger partial charge in [0.05, 0.1) is 28.5 Å². The van der Waals surface area contributed by atoms with E-state index in [0.29, 0.717) is 23.7 Å². The van der Waals surface area contributed by atoms with Crippen LogP contribution in [-0.2, 0) is 9.53 Å². The van der Waals surface area contributed by atoms with Gasteiger partial charge < -0.3 is 10.1 Å². The van der Waals surface area contributed by atoms with Crippen molar-refractivity contribution in [2.45, 2.75) is 65.2 Å². The maximum Gasteiger partial charge on any atom is 0.337 e. The molecule has 0 spiro atoms. The summed E-state index contributed by atoms with van der Waals surface area (Å²) in [5.74, 6) is -1.38. The Kier molecular flexibility index (Phi) is 8.17. The van der Waals surface area contributed by atoms with E-state index >= 15 is 0 Å². The molecule has 2 rings (SSSR count). The third kappa shape index (κ3) is 5.41. The molecule has 1 atom stereocenters. The average Bonchev–Trinajstić information content (AvgIpc) is 2.66. The number of hydrogen-bond donors (Lipinski definition) is 1. The molecule has 1 aliphatic heterocycles. The second kappa shape index (κ2) is 10.6. The summed E-state index contributed by atoms with van der Waals surface area (Å²) in [5.41, 5.74) is 1.61. The predicted octanol–water partition coefficient (Wildman–Crippen LogP) is 4.45. The van der Waals surface area contributed by atoms with Crippen molar-refractivity contribution in [3.8, 4) is 0 Å². The minimum Gasteiger partial charge on any atom is -0.462 e. The Morgan fingerprint density at radius 3 is 2.54 bits per heavy atom. The number of carbonyl (C=O) groups is 1. The predicted molar refractivity (Wildman–Crippen MR) is 107 cm³/mol. The lowest BCUT2D eigenvalue weighted by molar-refractivity contribution is -0.431. The first-order valence-corrected chi connectivity index (χ1v) is 9.88. The van der Waals surface area contributed by atoms with Crippen LogP contribution in [0.3, 0.4) is 0 Å². The van der Waals surface area contributed by atoms with E-state index in [-0.39, 0.29) is 11.3 Å². The normalized spacial score (nSPS) is 16.8. The Hall–Kier alpha value is -2.70. The maximum atomic E-state index is 12.8. The Bertz CT molecular complexity index is 756. The molecule has 1 N–H and O–H groups in total. The molecule has 2 heterocycles. The number of pyridine rings is 1. The molecule has 0 saturated heterocycles. The van der Waals surface area contributed by atoms with E-state index in [1.807, 2.05) is 0 Å². The molecule has 0 fully saturated rings. The number of hydrogen-bond acceptors (Lipinski definition) is 6. The van der Waals surface area contributed by atoms with Crippen molar-refractivity contribution < 1.29 is 14.5 Å². The minimum absolute atomic E-state index is 0.0733. The minimum atomic E-state index is -0.852. The van der Waals surface area contributed by atoms with E-state index in [4.69, 9.17) is 4.74 Å². The van der Waals surface area contributed by atoms with Crippen LogP contribution in [0.25, 0.3) is 0 Å². The van der Waals surface area contributed by atoms with Gasteiger partial charge in [-0.15, -0.1) is 0 Å². The van der Waals surface area contributed by atoms with Gasteiger partial charge in [-0.25, -0.2) is 4.79 Å². The molecular weight excluding hydrogens is 358 g/mol. The molecule has 0 aromatic carbocycles. The molecule has 0 radical (unpaired) electrons. The topological polar surface area (TPSA) is 94.4 Å². The van der Waals surface area contributed by atoms with Crippen molar-refractivity contribution in [1.29, 1.82) is 0 Å². The average molecular weight is 387 g/mol. The van der Waals surface area contributed by atoms with Crippen molar-refractivity contribution >= 4 is 5.97 Å². The lowest BCUT2D eigenvalue weighted by Crippen LogP contribution is -2.32. The number of unbranched alkanes of at least 4 members (excludes halogenated alkanes) is 5. The first kappa shape index (κ1) is 21.6. The molecule has 0 amide bonds. The summed E-state index contributed by atoms with van der Waals surface area (Å²) in [7, 11) is 0. The number of nitrogens with one attached hydrogen (secondary N) is 1. The fourth-order valence-electron chi connectivity index (χ4n) is 3.46. The summed E-state index contributed by atoms with van der Waals surface area (Å²) in [5, 5.41) is 14.7. The van der Waals surface area contributed by atoms with E-state index in [1.165, 1.54) is 19.3 Å². The van der Waals surface area contributed by atoms with E-state index in [2.05, 4.69) is 17.2 Å². The van der Waals surface area contributed by atoms with Crippen molar-refractivity contribution in [1.82, 2.24) is 10.3 Å². The molecular formula is C21H29N3O4. The standard InChI is InChI=1S/C21H29N3O4/c1-4-5-6-7-8-11-14-28-21(25)18-15(2)23-16(3)20(24(26)27)19(18)17-12-9-10-13-22-17/h9-10,12-13,19,23H,4-8,11,14H2,1-3H3. The van der Waals surface area contributed by atoms with Crippen LogP contribution in [0.15, 0.2) is 47.1 Å². The van der Waals surface area contributed by atoms with E-state index in [1.54, 1.807) is 38.2 Å². The molecule has 1 aromatic rings. The SMILES string of the molecule is CCCCCCCCOC(=O)C1=C(C)NC(C)=C([N+](=O)[O-])C1c1ccccn1. The molecule has 0 aliphatic carbocycles. The highest BCUT2D eigenvalue weighted by Gasteiger charge is 2.41. The highest BCUT2D eigenvalue weighted by molar-refractivity contribution is 5.92. The van der Waals surface area contributed by atoms with Crippen LogP contribution >= 0.6 is 0 Å². The smallest absolute Gasteiger partial charge is 0.337 e. The van der Waals surface area contributed by atoms with Gasteiger partial charge in [0.15, 0.2) is 0 Å². The Morgan fingerprint density at radius 2 is 1.89 bits per heavy atom. The van der Waals surface area contributed by atoms with Gasteiger partial charge in [0.1, 0.15) is 5.92 Å². The number of nitrogens with zero attached hydrogens (tertiary/aromatic N) is 2. The summed E-state index contributed by atoms with van der Waals surface area (Å²) in [6.07, 6.45) is 8.09. The van der Waals surface area contributed by atoms with Crippen molar-refractivity contribution in [2.24, 2.45) is 0 Å². The number of dihydropyridines is 1. The van der Waals surface area contributed by atoms with Crippen molar-refractivity contribution in [2.75, 3.05) is 6.61 Å². The summed E-state index contributed by atoms with van der Waals surface area (Å²) < 4.78 is 5.46. The highest BCUT2D eigenvalue weighted by Crippen LogP contribution is 2.37. The molecule has 28 heavy (non-hydrogen) atoms. The number of allylic oxidation sites excluding steroid dienone is 3. The zero-order valence-electron chi connectivity index (χ0n) is 16.9. The van der Waals surface area contributed by atoms with E-state index < -0.39 is 16.8 Å². The second-order valence-electron chi connectivity index (χ2n) is 7.02. The van der Waals surface area contributed by atoms with Crippen LogP contribution in [0.5, 0.6) is 0 Å². The summed E-state index contributed by atoms with van der Waals surface area (Å²) in [4.78, 5) is 28.3. The Balaban J connectivity index is 2.14. The van der Waals surface area contributed by atoms with Crippen molar-refractivity contribution in [3.63, 3.8) is 0 Å². The summed E-state index contributed by atoms with van der Waals surface area (Å²) in [6.45, 7) is 5.85. The fraction of sp³-hybridized carbons (Fsp3) is 0.524. The fourth-order valence-corrected chi connectivity index (χ4v) is 3.46. The third-order valence-electron chi connectivity index (χ3n) is 4.86. The van der Waals surface area contributed by atoms with Gasteiger partial charge in [0.25, 0.3) is 5.70 Å². The van der Waals surface area contributed by atoms with Gasteiger partial charge in [0.2, 0.25) is 0 Å². The van der Waals surface area contributed by atoms with Crippen LogP contribution in [0, 0.1) is 10.1 Å². The largest absolute Gasteiger partial charge is 0.462 e. The van der Waals surface area contributed by atoms with Crippen LogP contribution in [0.1, 0.15) is 70.9 Å². The lowest BCUT2D eigenvalue weighted by atomic mass is 9.87. The molecule has 1 aromatic heterocycles. The van der Waals surface area contributed by atoms with Gasteiger partial charge in [-0.2, -0.15) is 0 Å².